The molecule has 0 N–H and O–H groups in total. The van der Waals surface area contributed by atoms with Crippen molar-refractivity contribution in [2.24, 2.45) is 17.8 Å². The lowest BCUT2D eigenvalue weighted by Gasteiger charge is -1.97. The molecule has 0 spiro atoms. The van der Waals surface area contributed by atoms with Gasteiger partial charge in [-0.25, -0.2) is 0 Å². The summed E-state index contributed by atoms with van der Waals surface area (Å²) in [6.45, 7) is 0. The fraction of sp³-hybridized carbons (Fsp3) is 0.556. The first-order valence-corrected chi connectivity index (χ1v) is 4.03. The monoisotopic (exact) mass is 166 g/mol. The molecule has 3 heteroatoms. The van der Waals surface area contributed by atoms with E-state index in [0.29, 0.717) is 12.3 Å². The molecule has 0 aliphatic heterocycles. The van der Waals surface area contributed by atoms with Crippen LogP contribution in [0.5, 0.6) is 0 Å². The van der Waals surface area contributed by atoms with Crippen LogP contribution in [-0.2, 0) is 14.3 Å². The summed E-state index contributed by atoms with van der Waals surface area (Å²) in [5.41, 5.74) is 0. The van der Waals surface area contributed by atoms with Crippen molar-refractivity contribution in [3.63, 3.8) is 0 Å². The summed E-state index contributed by atoms with van der Waals surface area (Å²) in [5.74, 6) is 0.625. The van der Waals surface area contributed by atoms with Gasteiger partial charge in [-0.3, -0.25) is 9.59 Å². The first-order valence-electron chi connectivity index (χ1n) is 4.03. The van der Waals surface area contributed by atoms with E-state index >= 15 is 0 Å². The number of esters is 1. The lowest BCUT2D eigenvalue weighted by Crippen LogP contribution is -2.05. The van der Waals surface area contributed by atoms with E-state index in [1.807, 2.05) is 6.08 Å². The number of allylic oxidation sites excluding steroid dienone is 2. The first kappa shape index (κ1) is 7.53. The molecular formula is C9H10O3. The Morgan fingerprint density at radius 3 is 2.92 bits per heavy atom. The fourth-order valence-corrected chi connectivity index (χ4v) is 1.92. The number of fused-ring (bicyclic) bond motifs is 1. The van der Waals surface area contributed by atoms with Gasteiger partial charge in [0, 0.05) is 12.3 Å². The summed E-state index contributed by atoms with van der Waals surface area (Å²) in [7, 11) is 1.37. The lowest BCUT2D eigenvalue weighted by atomic mass is 10.1. The molecule has 0 amide bonds. The van der Waals surface area contributed by atoms with E-state index in [4.69, 9.17) is 0 Å². The summed E-state index contributed by atoms with van der Waals surface area (Å²) >= 11 is 0. The van der Waals surface area contributed by atoms with Crippen LogP contribution in [0.2, 0.25) is 0 Å². The Bertz CT molecular complexity index is 267. The predicted octanol–water partition coefficient (Wildman–Crippen LogP) is 0.551. The van der Waals surface area contributed by atoms with Gasteiger partial charge in [-0.15, -0.1) is 0 Å². The largest absolute Gasteiger partial charge is 0.469 e. The van der Waals surface area contributed by atoms with E-state index in [0.717, 1.165) is 0 Å². The van der Waals surface area contributed by atoms with E-state index in [2.05, 4.69) is 4.74 Å². The third-order valence-electron chi connectivity index (χ3n) is 2.67. The molecule has 2 aliphatic rings. The summed E-state index contributed by atoms with van der Waals surface area (Å²) in [6, 6.07) is 0. The van der Waals surface area contributed by atoms with Gasteiger partial charge in [-0.1, -0.05) is 6.08 Å². The number of ketones is 1. The second-order valence-corrected chi connectivity index (χ2v) is 3.31. The number of ether oxygens (including phenoxy) is 1. The molecule has 0 saturated heterocycles. The van der Waals surface area contributed by atoms with Gasteiger partial charge in [-0.05, 0) is 17.9 Å². The Kier molecular flexibility index (Phi) is 1.53. The fourth-order valence-electron chi connectivity index (χ4n) is 1.92. The normalized spacial score (nSPS) is 36.4. The number of carbonyl (C=O) groups is 2. The van der Waals surface area contributed by atoms with Crippen LogP contribution in [0.4, 0.5) is 0 Å². The van der Waals surface area contributed by atoms with Crippen molar-refractivity contribution < 1.29 is 14.3 Å². The number of methoxy groups -OCH3 is 1. The smallest absolute Gasteiger partial charge is 0.305 e. The highest BCUT2D eigenvalue weighted by Gasteiger charge is 2.55. The molecule has 0 heterocycles. The molecule has 0 bridgehead atoms. The zero-order valence-electron chi connectivity index (χ0n) is 6.82. The van der Waals surface area contributed by atoms with Gasteiger partial charge in [0.1, 0.15) is 0 Å². The molecule has 64 valence electrons. The molecule has 0 aromatic heterocycles. The topological polar surface area (TPSA) is 43.4 Å². The highest BCUT2D eigenvalue weighted by molar-refractivity contribution is 5.98. The van der Waals surface area contributed by atoms with Crippen molar-refractivity contribution in [3.05, 3.63) is 12.2 Å². The quantitative estimate of drug-likeness (QED) is 0.563. The predicted molar refractivity (Wildman–Crippen MR) is 41.3 cm³/mol. The Balaban J connectivity index is 1.92. The molecule has 2 rings (SSSR count). The first-order chi connectivity index (χ1) is 5.74. The van der Waals surface area contributed by atoms with Crippen molar-refractivity contribution in [1.82, 2.24) is 0 Å². The number of hydrogen-bond acceptors (Lipinski definition) is 3. The van der Waals surface area contributed by atoms with Crippen molar-refractivity contribution in [3.8, 4) is 0 Å². The zero-order chi connectivity index (χ0) is 8.72. The maximum Gasteiger partial charge on any atom is 0.305 e. The Hall–Kier alpha value is -1.12. The molecule has 2 aliphatic carbocycles. The highest BCUT2D eigenvalue weighted by Crippen LogP contribution is 2.53. The number of hydrogen-bond donors (Lipinski definition) is 0. The van der Waals surface area contributed by atoms with Crippen LogP contribution in [0.1, 0.15) is 6.42 Å². The summed E-state index contributed by atoms with van der Waals surface area (Å²) < 4.78 is 4.53. The van der Waals surface area contributed by atoms with Crippen LogP contribution in [0, 0.1) is 17.8 Å². The van der Waals surface area contributed by atoms with Crippen LogP contribution in [0.25, 0.3) is 0 Å². The van der Waals surface area contributed by atoms with Gasteiger partial charge in [0.05, 0.1) is 7.11 Å². The molecule has 12 heavy (non-hydrogen) atoms. The average Bonchev–Trinajstić information content (AvgIpc) is 2.59. The second kappa shape index (κ2) is 2.44. The number of rotatable bonds is 2. The lowest BCUT2D eigenvalue weighted by molar-refractivity contribution is -0.141. The van der Waals surface area contributed by atoms with Crippen molar-refractivity contribution in [2.45, 2.75) is 6.42 Å². The summed E-state index contributed by atoms with van der Waals surface area (Å²) in [5, 5.41) is 0. The van der Waals surface area contributed by atoms with Crippen LogP contribution in [-0.4, -0.2) is 18.9 Å². The maximum atomic E-state index is 11.1. The van der Waals surface area contributed by atoms with Gasteiger partial charge in [0.25, 0.3) is 0 Å². The van der Waals surface area contributed by atoms with E-state index in [1.54, 1.807) is 6.08 Å². The van der Waals surface area contributed by atoms with E-state index < -0.39 is 0 Å². The third-order valence-corrected chi connectivity index (χ3v) is 2.67. The van der Waals surface area contributed by atoms with Gasteiger partial charge in [0.2, 0.25) is 0 Å². The van der Waals surface area contributed by atoms with Crippen molar-refractivity contribution >= 4 is 11.8 Å². The molecular weight excluding hydrogens is 156 g/mol. The standard InChI is InChI=1S/C9H10O3/c1-12-8(11)4-6-5-2-3-7(10)9(5)6/h2-3,5-6,9H,4H2,1H3/t5-,6-,9-/m1/s1. The third kappa shape index (κ3) is 0.967. The Morgan fingerprint density at radius 1 is 1.67 bits per heavy atom. The van der Waals surface area contributed by atoms with Crippen LogP contribution < -0.4 is 0 Å². The molecule has 1 saturated carbocycles. The van der Waals surface area contributed by atoms with Crippen LogP contribution in [0.3, 0.4) is 0 Å². The van der Waals surface area contributed by atoms with E-state index in [9.17, 15) is 9.59 Å². The summed E-state index contributed by atoms with van der Waals surface area (Å²) in [6.07, 6.45) is 3.91. The zero-order valence-corrected chi connectivity index (χ0v) is 6.82. The minimum atomic E-state index is -0.212. The van der Waals surface area contributed by atoms with Crippen molar-refractivity contribution in [1.29, 1.82) is 0 Å². The Labute approximate surface area is 70.4 Å². The molecule has 0 radical (unpaired) electrons. The van der Waals surface area contributed by atoms with Crippen LogP contribution in [0.15, 0.2) is 12.2 Å². The summed E-state index contributed by atoms with van der Waals surface area (Å²) in [4.78, 5) is 21.9. The van der Waals surface area contributed by atoms with Gasteiger partial charge >= 0.3 is 5.97 Å². The maximum absolute atomic E-state index is 11.1. The Morgan fingerprint density at radius 2 is 2.42 bits per heavy atom. The number of carbonyl (C=O) groups excluding carboxylic acids is 2. The highest BCUT2D eigenvalue weighted by atomic mass is 16.5. The SMILES string of the molecule is COC(=O)C[C@@H]1[C@H]2C=CC(=O)[C@H]21. The minimum Gasteiger partial charge on any atom is -0.469 e. The second-order valence-electron chi connectivity index (χ2n) is 3.31. The molecule has 0 aromatic rings. The molecule has 0 aromatic carbocycles. The van der Waals surface area contributed by atoms with E-state index in [-0.39, 0.29) is 23.6 Å². The molecule has 3 atom stereocenters. The van der Waals surface area contributed by atoms with Gasteiger partial charge in [0.15, 0.2) is 5.78 Å². The molecule has 1 fully saturated rings. The molecule has 3 nitrogen and oxygen atoms in total. The van der Waals surface area contributed by atoms with Gasteiger partial charge < -0.3 is 4.74 Å². The van der Waals surface area contributed by atoms with Gasteiger partial charge in [-0.2, -0.15) is 0 Å². The van der Waals surface area contributed by atoms with Crippen molar-refractivity contribution in [2.75, 3.05) is 7.11 Å². The van der Waals surface area contributed by atoms with E-state index in [1.165, 1.54) is 7.11 Å². The minimum absolute atomic E-state index is 0.101. The van der Waals surface area contributed by atoms with Crippen LogP contribution >= 0.6 is 0 Å². The average molecular weight is 166 g/mol. The molecule has 0 unspecified atom stereocenters.